The molecule has 0 spiro atoms. The lowest BCUT2D eigenvalue weighted by molar-refractivity contribution is 0.717. The van der Waals surface area contributed by atoms with Crippen molar-refractivity contribution >= 4 is 10.8 Å². The fourth-order valence-electron chi connectivity index (χ4n) is 2.97. The molecule has 0 fully saturated rings. The summed E-state index contributed by atoms with van der Waals surface area (Å²) in [5, 5.41) is 2.56. The summed E-state index contributed by atoms with van der Waals surface area (Å²) in [5.41, 5.74) is 11.5. The smallest absolute Gasteiger partial charge is 0.0338 e. The van der Waals surface area contributed by atoms with Crippen molar-refractivity contribution in [2.45, 2.75) is 26.3 Å². The molecule has 0 radical (unpaired) electrons. The second-order valence-electron chi connectivity index (χ2n) is 5.85. The first-order chi connectivity index (χ1) is 10.1. The average molecular weight is 275 g/mol. The van der Waals surface area contributed by atoms with Crippen molar-refractivity contribution in [3.8, 4) is 0 Å². The summed E-state index contributed by atoms with van der Waals surface area (Å²) in [6, 6.07) is 21.6. The summed E-state index contributed by atoms with van der Waals surface area (Å²) in [7, 11) is 0. The van der Waals surface area contributed by atoms with Gasteiger partial charge in [0.05, 0.1) is 0 Å². The zero-order chi connectivity index (χ0) is 14.8. The van der Waals surface area contributed by atoms with Crippen molar-refractivity contribution in [1.82, 2.24) is 0 Å². The number of hydrogen-bond acceptors (Lipinski definition) is 1. The molecule has 0 heterocycles. The number of hydrogen-bond donors (Lipinski definition) is 1. The van der Waals surface area contributed by atoms with Crippen LogP contribution < -0.4 is 5.73 Å². The normalized spacial score (nSPS) is 12.5. The SMILES string of the molecule is Cc1ccc(C(N)Cc2ccc3ccccc3c2)c(C)c1. The first-order valence-corrected chi connectivity index (χ1v) is 7.44. The Hall–Kier alpha value is -2.12. The Balaban J connectivity index is 1.87. The molecule has 3 aromatic rings. The van der Waals surface area contributed by atoms with E-state index < -0.39 is 0 Å². The van der Waals surface area contributed by atoms with Crippen LogP contribution in [0.5, 0.6) is 0 Å². The predicted octanol–water partition coefficient (Wildman–Crippen LogP) is 4.70. The van der Waals surface area contributed by atoms with E-state index in [0.29, 0.717) is 0 Å². The minimum atomic E-state index is 0.0479. The fraction of sp³-hybridized carbons (Fsp3) is 0.200. The predicted molar refractivity (Wildman–Crippen MR) is 90.5 cm³/mol. The quantitative estimate of drug-likeness (QED) is 0.736. The van der Waals surface area contributed by atoms with Crippen molar-refractivity contribution in [2.24, 2.45) is 5.73 Å². The summed E-state index contributed by atoms with van der Waals surface area (Å²) < 4.78 is 0. The molecule has 3 rings (SSSR count). The van der Waals surface area contributed by atoms with Gasteiger partial charge in [-0.1, -0.05) is 66.2 Å². The third kappa shape index (κ3) is 2.98. The van der Waals surface area contributed by atoms with Crippen LogP contribution in [-0.2, 0) is 6.42 Å². The lowest BCUT2D eigenvalue weighted by atomic mass is 9.94. The van der Waals surface area contributed by atoms with E-state index >= 15 is 0 Å². The van der Waals surface area contributed by atoms with Crippen LogP contribution in [0.25, 0.3) is 10.8 Å². The highest BCUT2D eigenvalue weighted by atomic mass is 14.6. The van der Waals surface area contributed by atoms with Crippen LogP contribution in [0.3, 0.4) is 0 Å². The molecule has 0 aromatic heterocycles. The van der Waals surface area contributed by atoms with Gasteiger partial charge < -0.3 is 5.73 Å². The summed E-state index contributed by atoms with van der Waals surface area (Å²) >= 11 is 0. The summed E-state index contributed by atoms with van der Waals surface area (Å²) in [6.07, 6.45) is 0.870. The summed E-state index contributed by atoms with van der Waals surface area (Å²) in [4.78, 5) is 0. The molecule has 0 saturated carbocycles. The van der Waals surface area contributed by atoms with Gasteiger partial charge in [0.1, 0.15) is 0 Å². The third-order valence-electron chi connectivity index (χ3n) is 4.09. The highest BCUT2D eigenvalue weighted by Crippen LogP contribution is 2.23. The highest BCUT2D eigenvalue weighted by Gasteiger charge is 2.10. The molecular weight excluding hydrogens is 254 g/mol. The number of nitrogens with two attached hydrogens (primary N) is 1. The maximum atomic E-state index is 6.42. The van der Waals surface area contributed by atoms with E-state index in [1.54, 1.807) is 0 Å². The zero-order valence-electron chi connectivity index (χ0n) is 12.6. The van der Waals surface area contributed by atoms with Crippen molar-refractivity contribution in [1.29, 1.82) is 0 Å². The molecule has 0 aliphatic rings. The van der Waals surface area contributed by atoms with Crippen LogP contribution in [0, 0.1) is 13.8 Å². The minimum Gasteiger partial charge on any atom is -0.324 e. The Labute approximate surface area is 126 Å². The largest absolute Gasteiger partial charge is 0.324 e. The van der Waals surface area contributed by atoms with Gasteiger partial charge in [0.25, 0.3) is 0 Å². The molecule has 1 atom stereocenters. The second-order valence-corrected chi connectivity index (χ2v) is 5.85. The molecule has 0 aliphatic carbocycles. The molecule has 0 saturated heterocycles. The number of benzene rings is 3. The van der Waals surface area contributed by atoms with Gasteiger partial charge in [0.2, 0.25) is 0 Å². The molecule has 3 aromatic carbocycles. The molecule has 1 heteroatoms. The lowest BCUT2D eigenvalue weighted by Gasteiger charge is -2.16. The Bertz CT molecular complexity index is 774. The average Bonchev–Trinajstić information content (AvgIpc) is 2.47. The second kappa shape index (κ2) is 5.71. The Kier molecular flexibility index (Phi) is 3.76. The third-order valence-corrected chi connectivity index (χ3v) is 4.09. The molecular formula is C20H21N. The Morgan fingerprint density at radius 2 is 1.62 bits per heavy atom. The van der Waals surface area contributed by atoms with E-state index in [1.807, 2.05) is 0 Å². The topological polar surface area (TPSA) is 26.0 Å². The Morgan fingerprint density at radius 3 is 2.38 bits per heavy atom. The van der Waals surface area contributed by atoms with E-state index in [2.05, 4.69) is 74.5 Å². The van der Waals surface area contributed by atoms with Gasteiger partial charge in [-0.3, -0.25) is 0 Å². The van der Waals surface area contributed by atoms with Gasteiger partial charge in [-0.05, 0) is 47.7 Å². The lowest BCUT2D eigenvalue weighted by Crippen LogP contribution is -2.14. The molecule has 21 heavy (non-hydrogen) atoms. The van der Waals surface area contributed by atoms with Crippen molar-refractivity contribution in [2.75, 3.05) is 0 Å². The van der Waals surface area contributed by atoms with Crippen LogP contribution in [0.4, 0.5) is 0 Å². The van der Waals surface area contributed by atoms with Crippen LogP contribution in [0.15, 0.2) is 60.7 Å². The van der Waals surface area contributed by atoms with Gasteiger partial charge in [-0.25, -0.2) is 0 Å². The number of fused-ring (bicyclic) bond motifs is 1. The van der Waals surface area contributed by atoms with Gasteiger partial charge >= 0.3 is 0 Å². The molecule has 1 nitrogen and oxygen atoms in total. The maximum absolute atomic E-state index is 6.42. The molecule has 0 aliphatic heterocycles. The van der Waals surface area contributed by atoms with Gasteiger partial charge in [0, 0.05) is 6.04 Å². The Morgan fingerprint density at radius 1 is 0.857 bits per heavy atom. The molecule has 106 valence electrons. The fourth-order valence-corrected chi connectivity index (χ4v) is 2.97. The van der Waals surface area contributed by atoms with Crippen molar-refractivity contribution < 1.29 is 0 Å². The van der Waals surface area contributed by atoms with Crippen molar-refractivity contribution in [3.63, 3.8) is 0 Å². The molecule has 0 bridgehead atoms. The van der Waals surface area contributed by atoms with Crippen molar-refractivity contribution in [3.05, 3.63) is 82.9 Å². The first-order valence-electron chi connectivity index (χ1n) is 7.44. The molecule has 0 amide bonds. The standard InChI is InChI=1S/C20H21N/c1-14-7-10-19(15(2)11-14)20(21)13-16-8-9-17-5-3-4-6-18(17)12-16/h3-12,20H,13,21H2,1-2H3. The highest BCUT2D eigenvalue weighted by molar-refractivity contribution is 5.83. The van der Waals surface area contributed by atoms with Gasteiger partial charge in [-0.2, -0.15) is 0 Å². The van der Waals surface area contributed by atoms with E-state index in [1.165, 1.54) is 33.0 Å². The van der Waals surface area contributed by atoms with E-state index in [4.69, 9.17) is 5.73 Å². The summed E-state index contributed by atoms with van der Waals surface area (Å²) in [5.74, 6) is 0. The van der Waals surface area contributed by atoms with E-state index in [-0.39, 0.29) is 6.04 Å². The number of aryl methyl sites for hydroxylation is 2. The van der Waals surface area contributed by atoms with E-state index in [0.717, 1.165) is 6.42 Å². The van der Waals surface area contributed by atoms with Crippen LogP contribution >= 0.6 is 0 Å². The monoisotopic (exact) mass is 275 g/mol. The molecule has 1 unspecified atom stereocenters. The maximum Gasteiger partial charge on any atom is 0.0338 e. The zero-order valence-corrected chi connectivity index (χ0v) is 12.6. The van der Waals surface area contributed by atoms with Gasteiger partial charge in [0.15, 0.2) is 0 Å². The number of rotatable bonds is 3. The first kappa shape index (κ1) is 13.8. The molecule has 2 N–H and O–H groups in total. The summed E-state index contributed by atoms with van der Waals surface area (Å²) in [6.45, 7) is 4.26. The van der Waals surface area contributed by atoms with Crippen LogP contribution in [0.1, 0.15) is 28.3 Å². The van der Waals surface area contributed by atoms with Gasteiger partial charge in [-0.15, -0.1) is 0 Å². The minimum absolute atomic E-state index is 0.0479. The van der Waals surface area contributed by atoms with E-state index in [9.17, 15) is 0 Å². The van der Waals surface area contributed by atoms with Crippen LogP contribution in [-0.4, -0.2) is 0 Å². The van der Waals surface area contributed by atoms with Crippen LogP contribution in [0.2, 0.25) is 0 Å².